The number of hydrogen-bond donors (Lipinski definition) is 0. The molecule has 0 spiro atoms. The molecular formula is C26H23NO3S2. The Morgan fingerprint density at radius 3 is 2.16 bits per heavy atom. The van der Waals surface area contributed by atoms with Crippen LogP contribution in [0.15, 0.2) is 77.7 Å². The molecule has 1 fully saturated rings. The zero-order valence-corrected chi connectivity index (χ0v) is 19.5. The SMILES string of the molecule is Cc1cc(C)cc(OCCOc2ccc(C=C3SC(=S)N(c4ccccc4)C3=O)cc2)c1. The van der Waals surface area contributed by atoms with Crippen molar-refractivity contribution < 1.29 is 14.3 Å². The van der Waals surface area contributed by atoms with Gasteiger partial charge < -0.3 is 9.47 Å². The molecule has 0 bridgehead atoms. The van der Waals surface area contributed by atoms with Crippen LogP contribution in [0.25, 0.3) is 6.08 Å². The maximum absolute atomic E-state index is 12.8. The van der Waals surface area contributed by atoms with Crippen LogP contribution in [0.3, 0.4) is 0 Å². The van der Waals surface area contributed by atoms with Gasteiger partial charge in [0.1, 0.15) is 24.7 Å². The highest BCUT2D eigenvalue weighted by Gasteiger charge is 2.33. The van der Waals surface area contributed by atoms with Gasteiger partial charge in [0.15, 0.2) is 4.32 Å². The molecule has 3 aromatic rings. The van der Waals surface area contributed by atoms with Gasteiger partial charge in [-0.05, 0) is 73.0 Å². The van der Waals surface area contributed by atoms with Crippen molar-refractivity contribution in [2.24, 2.45) is 0 Å². The normalized spacial score (nSPS) is 14.8. The summed E-state index contributed by atoms with van der Waals surface area (Å²) in [7, 11) is 0. The van der Waals surface area contributed by atoms with Crippen LogP contribution in [0, 0.1) is 13.8 Å². The van der Waals surface area contributed by atoms with Crippen molar-refractivity contribution in [2.75, 3.05) is 18.1 Å². The number of thioether (sulfide) groups is 1. The Kier molecular flexibility index (Phi) is 6.93. The maximum atomic E-state index is 12.8. The number of para-hydroxylation sites is 1. The van der Waals surface area contributed by atoms with Crippen molar-refractivity contribution >= 4 is 46.0 Å². The molecule has 1 saturated heterocycles. The lowest BCUT2D eigenvalue weighted by Crippen LogP contribution is -2.27. The first-order valence-corrected chi connectivity index (χ1v) is 11.5. The summed E-state index contributed by atoms with van der Waals surface area (Å²) >= 11 is 6.73. The van der Waals surface area contributed by atoms with E-state index in [1.54, 1.807) is 4.90 Å². The van der Waals surface area contributed by atoms with Crippen molar-refractivity contribution in [2.45, 2.75) is 13.8 Å². The number of thiocarbonyl (C=S) groups is 1. The van der Waals surface area contributed by atoms with Crippen molar-refractivity contribution in [3.63, 3.8) is 0 Å². The number of aryl methyl sites for hydroxylation is 2. The molecule has 1 heterocycles. The van der Waals surface area contributed by atoms with Crippen LogP contribution in [-0.2, 0) is 4.79 Å². The summed E-state index contributed by atoms with van der Waals surface area (Å²) in [5, 5.41) is 0. The zero-order chi connectivity index (χ0) is 22.5. The first-order chi connectivity index (χ1) is 15.5. The highest BCUT2D eigenvalue weighted by molar-refractivity contribution is 8.27. The van der Waals surface area contributed by atoms with Crippen LogP contribution in [0.5, 0.6) is 11.5 Å². The van der Waals surface area contributed by atoms with E-state index in [9.17, 15) is 4.79 Å². The van der Waals surface area contributed by atoms with E-state index in [-0.39, 0.29) is 5.91 Å². The molecule has 32 heavy (non-hydrogen) atoms. The summed E-state index contributed by atoms with van der Waals surface area (Å²) in [5.74, 6) is 1.51. The summed E-state index contributed by atoms with van der Waals surface area (Å²) in [6, 6.07) is 23.2. The third kappa shape index (κ3) is 5.39. The van der Waals surface area contributed by atoms with Gasteiger partial charge >= 0.3 is 0 Å². The molecule has 3 aromatic carbocycles. The molecule has 0 radical (unpaired) electrons. The molecule has 0 atom stereocenters. The van der Waals surface area contributed by atoms with E-state index >= 15 is 0 Å². The number of carbonyl (C=O) groups is 1. The van der Waals surface area contributed by atoms with E-state index in [2.05, 4.69) is 19.9 Å². The Morgan fingerprint density at radius 2 is 1.50 bits per heavy atom. The fraction of sp³-hybridized carbons (Fsp3) is 0.154. The smallest absolute Gasteiger partial charge is 0.270 e. The average Bonchev–Trinajstić information content (AvgIpc) is 3.05. The number of nitrogens with zero attached hydrogens (tertiary/aromatic N) is 1. The molecule has 0 aromatic heterocycles. The van der Waals surface area contributed by atoms with E-state index in [4.69, 9.17) is 21.7 Å². The minimum absolute atomic E-state index is 0.102. The number of carbonyl (C=O) groups excluding carboxylic acids is 1. The van der Waals surface area contributed by atoms with E-state index in [0.29, 0.717) is 22.4 Å². The molecule has 0 saturated carbocycles. The number of benzene rings is 3. The van der Waals surface area contributed by atoms with Crippen LogP contribution in [0.4, 0.5) is 5.69 Å². The Hall–Kier alpha value is -3.09. The van der Waals surface area contributed by atoms with Gasteiger partial charge in [0, 0.05) is 0 Å². The average molecular weight is 462 g/mol. The van der Waals surface area contributed by atoms with Gasteiger partial charge in [-0.1, -0.05) is 60.4 Å². The van der Waals surface area contributed by atoms with Crippen LogP contribution in [-0.4, -0.2) is 23.4 Å². The third-order valence-corrected chi connectivity index (χ3v) is 6.10. The monoisotopic (exact) mass is 461 g/mol. The van der Waals surface area contributed by atoms with Crippen LogP contribution in [0.1, 0.15) is 16.7 Å². The predicted octanol–water partition coefficient (Wildman–Crippen LogP) is 6.17. The predicted molar refractivity (Wildman–Crippen MR) is 135 cm³/mol. The van der Waals surface area contributed by atoms with E-state index in [1.807, 2.05) is 72.8 Å². The molecule has 1 aliphatic heterocycles. The molecule has 1 amide bonds. The standard InChI is InChI=1S/C26H23NO3S2/c1-18-14-19(2)16-23(15-18)30-13-12-29-22-10-8-20(9-11-22)17-24-25(28)27(26(31)32-24)21-6-4-3-5-7-21/h3-11,14-17H,12-13H2,1-2H3. The highest BCUT2D eigenvalue weighted by atomic mass is 32.2. The maximum Gasteiger partial charge on any atom is 0.270 e. The first-order valence-electron chi connectivity index (χ1n) is 10.3. The number of hydrogen-bond acceptors (Lipinski definition) is 5. The van der Waals surface area contributed by atoms with Crippen molar-refractivity contribution in [3.05, 3.63) is 94.4 Å². The van der Waals surface area contributed by atoms with Crippen LogP contribution < -0.4 is 14.4 Å². The quantitative estimate of drug-likeness (QED) is 0.239. The molecule has 162 valence electrons. The van der Waals surface area contributed by atoms with Gasteiger partial charge in [0.25, 0.3) is 5.91 Å². The summed E-state index contributed by atoms with van der Waals surface area (Å²) in [5.41, 5.74) is 4.05. The highest BCUT2D eigenvalue weighted by Crippen LogP contribution is 2.36. The second kappa shape index (κ2) is 10.0. The number of rotatable bonds is 7. The molecule has 1 aliphatic rings. The van der Waals surface area contributed by atoms with Gasteiger partial charge in [-0.3, -0.25) is 9.69 Å². The largest absolute Gasteiger partial charge is 0.490 e. The fourth-order valence-corrected chi connectivity index (χ4v) is 4.71. The molecule has 0 N–H and O–H groups in total. The van der Waals surface area contributed by atoms with Crippen molar-refractivity contribution in [1.82, 2.24) is 0 Å². The second-order valence-electron chi connectivity index (χ2n) is 7.44. The fourth-order valence-electron chi connectivity index (χ4n) is 3.41. The Morgan fingerprint density at radius 1 is 0.875 bits per heavy atom. The number of anilines is 1. The zero-order valence-electron chi connectivity index (χ0n) is 17.9. The van der Waals surface area contributed by atoms with Gasteiger partial charge in [0.2, 0.25) is 0 Å². The Bertz CT molecular complexity index is 1140. The topological polar surface area (TPSA) is 38.8 Å². The van der Waals surface area contributed by atoms with Crippen molar-refractivity contribution in [1.29, 1.82) is 0 Å². The van der Waals surface area contributed by atoms with Gasteiger partial charge in [0.05, 0.1) is 10.6 Å². The lowest BCUT2D eigenvalue weighted by atomic mass is 10.1. The minimum atomic E-state index is -0.102. The molecule has 4 nitrogen and oxygen atoms in total. The molecule has 4 rings (SSSR count). The minimum Gasteiger partial charge on any atom is -0.490 e. The summed E-state index contributed by atoms with van der Waals surface area (Å²) < 4.78 is 12.1. The molecule has 0 aliphatic carbocycles. The Balaban J connectivity index is 1.33. The van der Waals surface area contributed by atoms with Crippen molar-refractivity contribution in [3.8, 4) is 11.5 Å². The number of ether oxygens (including phenoxy) is 2. The van der Waals surface area contributed by atoms with Gasteiger partial charge in [-0.2, -0.15) is 0 Å². The van der Waals surface area contributed by atoms with Crippen LogP contribution in [0.2, 0.25) is 0 Å². The number of amides is 1. The van der Waals surface area contributed by atoms with Gasteiger partial charge in [-0.15, -0.1) is 0 Å². The Labute approximate surface area is 197 Å². The molecule has 0 unspecified atom stereocenters. The summed E-state index contributed by atoms with van der Waals surface area (Å²) in [4.78, 5) is 15.0. The molecular weight excluding hydrogens is 438 g/mol. The van der Waals surface area contributed by atoms with E-state index < -0.39 is 0 Å². The van der Waals surface area contributed by atoms with E-state index in [0.717, 1.165) is 22.7 Å². The van der Waals surface area contributed by atoms with E-state index in [1.165, 1.54) is 22.9 Å². The van der Waals surface area contributed by atoms with Crippen LogP contribution >= 0.6 is 24.0 Å². The summed E-state index contributed by atoms with van der Waals surface area (Å²) in [6.45, 7) is 5.02. The third-order valence-electron chi connectivity index (χ3n) is 4.80. The summed E-state index contributed by atoms with van der Waals surface area (Å²) in [6.07, 6.45) is 1.86. The van der Waals surface area contributed by atoms with Gasteiger partial charge in [-0.25, -0.2) is 0 Å². The lowest BCUT2D eigenvalue weighted by molar-refractivity contribution is -0.113. The molecule has 6 heteroatoms. The second-order valence-corrected chi connectivity index (χ2v) is 9.12. The first kappa shape index (κ1) is 22.1. The lowest BCUT2D eigenvalue weighted by Gasteiger charge is -2.13.